The normalized spacial score (nSPS) is 12.4. The molecular weight excluding hydrogens is 732 g/mol. The Bertz CT molecular complexity index is 1100. The topological polar surface area (TPSA) is 180 Å². The molecule has 0 aromatic rings. The van der Waals surface area contributed by atoms with Gasteiger partial charge in [-0.1, -0.05) is 77.0 Å². The van der Waals surface area contributed by atoms with Crippen LogP contribution < -0.4 is 21.3 Å². The Kier molecular flexibility index (Phi) is 30.1. The number of unbranched alkanes of at least 4 members (excludes halogenated alkanes) is 13. The highest BCUT2D eigenvalue weighted by Gasteiger charge is 2.24. The molecule has 0 fully saturated rings. The van der Waals surface area contributed by atoms with Crippen LogP contribution in [0.5, 0.6) is 0 Å². The molecule has 57 heavy (non-hydrogen) atoms. The van der Waals surface area contributed by atoms with E-state index in [1.165, 1.54) is 64.2 Å². The summed E-state index contributed by atoms with van der Waals surface area (Å²) in [4.78, 5) is 60.9. The van der Waals surface area contributed by atoms with E-state index in [9.17, 15) is 24.0 Å². The third-order valence-electron chi connectivity index (χ3n) is 8.29. The maximum absolute atomic E-state index is 12.8. The molecule has 14 nitrogen and oxygen atoms in total. The van der Waals surface area contributed by atoms with Crippen LogP contribution in [0.4, 0.5) is 9.59 Å². The molecule has 334 valence electrons. The number of carbonyl (C=O) groups is 5. The van der Waals surface area contributed by atoms with Crippen LogP contribution in [0, 0.1) is 0 Å². The number of alkyl carbamates (subject to hydrolysis) is 2. The fraction of sp³-hybridized carbons (Fsp3) is 0.884. The number of nitrogens with one attached hydrogen (secondary N) is 4. The van der Waals surface area contributed by atoms with Crippen LogP contribution in [0.3, 0.4) is 0 Å². The zero-order valence-electron chi connectivity index (χ0n) is 37.3. The number of esters is 1. The SMILES string of the molecule is CC(C)(C)OC(=O)CCCCCCCCCCCCCCCCC(=O)NCCOCCOCCNC(=O)[C@H](CCCNC(=O)OC(C)(C)C)NC(=O)OC(C)(C)C. The van der Waals surface area contributed by atoms with Gasteiger partial charge < -0.3 is 45.0 Å². The summed E-state index contributed by atoms with van der Waals surface area (Å²) in [7, 11) is 0. The molecule has 0 radical (unpaired) electrons. The van der Waals surface area contributed by atoms with Gasteiger partial charge in [0.2, 0.25) is 11.8 Å². The van der Waals surface area contributed by atoms with Gasteiger partial charge in [0, 0.05) is 32.5 Å². The summed E-state index contributed by atoms with van der Waals surface area (Å²) in [5.41, 5.74) is -1.73. The van der Waals surface area contributed by atoms with Crippen LogP contribution in [0.25, 0.3) is 0 Å². The lowest BCUT2D eigenvalue weighted by Gasteiger charge is -2.23. The Morgan fingerprint density at radius 1 is 0.439 bits per heavy atom. The van der Waals surface area contributed by atoms with Crippen LogP contribution in [0.1, 0.15) is 178 Å². The van der Waals surface area contributed by atoms with E-state index in [1.807, 2.05) is 20.8 Å². The van der Waals surface area contributed by atoms with Gasteiger partial charge in [-0.15, -0.1) is 0 Å². The number of carbonyl (C=O) groups excluding carboxylic acids is 5. The van der Waals surface area contributed by atoms with E-state index < -0.39 is 35.0 Å². The fourth-order valence-corrected chi connectivity index (χ4v) is 5.64. The molecule has 0 aliphatic rings. The Morgan fingerprint density at radius 2 is 0.860 bits per heavy atom. The van der Waals surface area contributed by atoms with E-state index in [0.717, 1.165) is 25.7 Å². The quantitative estimate of drug-likeness (QED) is 0.0295. The molecule has 0 heterocycles. The summed E-state index contributed by atoms with van der Waals surface area (Å²) in [6, 6.07) is -0.859. The van der Waals surface area contributed by atoms with E-state index in [-0.39, 0.29) is 43.9 Å². The minimum Gasteiger partial charge on any atom is -0.460 e. The smallest absolute Gasteiger partial charge is 0.408 e. The second-order valence-corrected chi connectivity index (χ2v) is 17.7. The van der Waals surface area contributed by atoms with E-state index >= 15 is 0 Å². The Labute approximate surface area is 345 Å². The highest BCUT2D eigenvalue weighted by molar-refractivity contribution is 5.85. The molecule has 0 rings (SSSR count). The van der Waals surface area contributed by atoms with Crippen molar-refractivity contribution in [3.63, 3.8) is 0 Å². The van der Waals surface area contributed by atoms with Crippen molar-refractivity contribution in [3.8, 4) is 0 Å². The molecule has 0 aliphatic carbocycles. The minimum atomic E-state index is -0.859. The number of ether oxygens (including phenoxy) is 5. The van der Waals surface area contributed by atoms with Gasteiger partial charge in [0.25, 0.3) is 0 Å². The van der Waals surface area contributed by atoms with Gasteiger partial charge in [0.05, 0.1) is 26.4 Å². The zero-order chi connectivity index (χ0) is 43.0. The summed E-state index contributed by atoms with van der Waals surface area (Å²) in [6.07, 6.45) is 17.1. The summed E-state index contributed by atoms with van der Waals surface area (Å²) in [5, 5.41) is 10.9. The maximum atomic E-state index is 12.8. The average molecular weight is 815 g/mol. The van der Waals surface area contributed by atoms with E-state index in [0.29, 0.717) is 45.6 Å². The summed E-state index contributed by atoms with van der Waals surface area (Å²) in [6.45, 7) is 18.5. The Morgan fingerprint density at radius 3 is 1.33 bits per heavy atom. The predicted octanol–water partition coefficient (Wildman–Crippen LogP) is 8.03. The van der Waals surface area contributed by atoms with E-state index in [2.05, 4.69) is 21.3 Å². The van der Waals surface area contributed by atoms with Gasteiger partial charge in [0.15, 0.2) is 0 Å². The van der Waals surface area contributed by atoms with Crippen molar-refractivity contribution in [2.45, 2.75) is 201 Å². The molecule has 0 bridgehead atoms. The van der Waals surface area contributed by atoms with Crippen molar-refractivity contribution in [3.05, 3.63) is 0 Å². The van der Waals surface area contributed by atoms with Gasteiger partial charge >= 0.3 is 18.2 Å². The highest BCUT2D eigenvalue weighted by atomic mass is 16.6. The summed E-state index contributed by atoms with van der Waals surface area (Å²) < 4.78 is 27.0. The summed E-state index contributed by atoms with van der Waals surface area (Å²) >= 11 is 0. The molecular formula is C43H82N4O10. The van der Waals surface area contributed by atoms with Crippen LogP contribution >= 0.6 is 0 Å². The number of rotatable bonds is 32. The first-order valence-electron chi connectivity index (χ1n) is 21.7. The van der Waals surface area contributed by atoms with Gasteiger partial charge in [0.1, 0.15) is 22.8 Å². The first kappa shape index (κ1) is 53.9. The third-order valence-corrected chi connectivity index (χ3v) is 8.29. The average Bonchev–Trinajstić information content (AvgIpc) is 3.07. The van der Waals surface area contributed by atoms with E-state index in [1.54, 1.807) is 41.5 Å². The van der Waals surface area contributed by atoms with E-state index in [4.69, 9.17) is 23.7 Å². The van der Waals surface area contributed by atoms with Gasteiger partial charge in [-0.05, 0) is 88.0 Å². The van der Waals surface area contributed by atoms with Gasteiger partial charge in [-0.25, -0.2) is 9.59 Å². The zero-order valence-corrected chi connectivity index (χ0v) is 37.3. The molecule has 0 aliphatic heterocycles. The van der Waals surface area contributed by atoms with Crippen molar-refractivity contribution in [1.29, 1.82) is 0 Å². The van der Waals surface area contributed by atoms with Crippen molar-refractivity contribution in [1.82, 2.24) is 21.3 Å². The molecule has 4 amide bonds. The second-order valence-electron chi connectivity index (χ2n) is 17.7. The molecule has 1 atom stereocenters. The maximum Gasteiger partial charge on any atom is 0.408 e. The first-order valence-corrected chi connectivity index (χ1v) is 21.7. The van der Waals surface area contributed by atoms with Crippen LogP contribution in [-0.2, 0) is 38.1 Å². The summed E-state index contributed by atoms with van der Waals surface area (Å²) in [5.74, 6) is -0.422. The van der Waals surface area contributed by atoms with Crippen LogP contribution in [0.15, 0.2) is 0 Å². The van der Waals surface area contributed by atoms with Gasteiger partial charge in [-0.2, -0.15) is 0 Å². The minimum absolute atomic E-state index is 0.0485. The molecule has 0 spiro atoms. The monoisotopic (exact) mass is 815 g/mol. The lowest BCUT2D eigenvalue weighted by atomic mass is 10.0. The standard InChI is InChI=1S/C43H82N4O10/c1-41(2,3)55-37(49)27-23-21-19-17-15-13-11-10-12-14-16-18-20-22-26-36(48)44-29-31-53-33-34-54-32-30-45-38(50)35(47-40(52)57-43(7,8)9)25-24-28-46-39(51)56-42(4,5)6/h35H,10-34H2,1-9H3,(H,44,48)(H,45,50)(H,46,51)(H,47,52)/t35-/m0/s1. The number of amides is 4. The molecule has 0 saturated heterocycles. The molecule has 4 N–H and O–H groups in total. The second kappa shape index (κ2) is 31.8. The number of hydrogen-bond donors (Lipinski definition) is 4. The Balaban J connectivity index is 3.80. The fourth-order valence-electron chi connectivity index (χ4n) is 5.64. The Hall–Kier alpha value is -3.13. The molecule has 14 heteroatoms. The molecule has 0 aromatic carbocycles. The highest BCUT2D eigenvalue weighted by Crippen LogP contribution is 2.15. The van der Waals surface area contributed by atoms with Crippen LogP contribution in [0.2, 0.25) is 0 Å². The van der Waals surface area contributed by atoms with Crippen molar-refractivity contribution in [2.75, 3.05) is 46.1 Å². The van der Waals surface area contributed by atoms with Gasteiger partial charge in [-0.3, -0.25) is 14.4 Å². The molecule has 0 saturated carbocycles. The molecule has 0 aromatic heterocycles. The van der Waals surface area contributed by atoms with Crippen molar-refractivity contribution < 1.29 is 47.7 Å². The lowest BCUT2D eigenvalue weighted by Crippen LogP contribution is -2.49. The third kappa shape index (κ3) is 39.5. The number of hydrogen-bond acceptors (Lipinski definition) is 10. The largest absolute Gasteiger partial charge is 0.460 e. The molecule has 0 unspecified atom stereocenters. The predicted molar refractivity (Wildman–Crippen MR) is 224 cm³/mol. The first-order chi connectivity index (χ1) is 26.8. The van der Waals surface area contributed by atoms with Crippen molar-refractivity contribution in [2.24, 2.45) is 0 Å². The lowest BCUT2D eigenvalue weighted by molar-refractivity contribution is -0.155. The van der Waals surface area contributed by atoms with Crippen LogP contribution in [-0.4, -0.2) is 98.9 Å². The van der Waals surface area contributed by atoms with Crippen molar-refractivity contribution >= 4 is 30.0 Å².